The lowest BCUT2D eigenvalue weighted by Crippen LogP contribution is -2.46. The van der Waals surface area contributed by atoms with Gasteiger partial charge in [0.25, 0.3) is 0 Å². The average Bonchev–Trinajstić information content (AvgIpc) is 2.67. The van der Waals surface area contributed by atoms with E-state index in [2.05, 4.69) is 46.7 Å². The Labute approximate surface area is 180 Å². The highest BCUT2D eigenvalue weighted by Crippen LogP contribution is 2.20. The Balaban J connectivity index is 0.00000364. The van der Waals surface area contributed by atoms with E-state index in [1.807, 2.05) is 0 Å². The van der Waals surface area contributed by atoms with Crippen LogP contribution in [0.15, 0.2) is 29.3 Å². The average molecular weight is 488 g/mol. The van der Waals surface area contributed by atoms with Crippen molar-refractivity contribution in [1.29, 1.82) is 0 Å². The molecule has 0 aromatic heterocycles. The third-order valence-corrected chi connectivity index (χ3v) is 4.75. The fourth-order valence-corrected chi connectivity index (χ4v) is 3.21. The van der Waals surface area contributed by atoms with Gasteiger partial charge in [-0.25, -0.2) is 4.99 Å². The lowest BCUT2D eigenvalue weighted by Gasteiger charge is -2.34. The van der Waals surface area contributed by atoms with Gasteiger partial charge in [0, 0.05) is 40.2 Å². The number of hydrogen-bond acceptors (Lipinski definition) is 3. The first kappa shape index (κ1) is 23.7. The molecule has 0 bridgehead atoms. The van der Waals surface area contributed by atoms with Crippen LogP contribution in [0.3, 0.4) is 0 Å². The summed E-state index contributed by atoms with van der Waals surface area (Å²) in [6.45, 7) is 6.13. The van der Waals surface area contributed by atoms with Gasteiger partial charge < -0.3 is 20.3 Å². The van der Waals surface area contributed by atoms with E-state index in [4.69, 9.17) is 9.73 Å². The van der Waals surface area contributed by atoms with Crippen LogP contribution in [-0.4, -0.2) is 50.6 Å². The number of rotatable bonds is 7. The number of methoxy groups -OCH3 is 1. The van der Waals surface area contributed by atoms with Crippen LogP contribution in [0.1, 0.15) is 37.3 Å². The molecule has 1 aliphatic heterocycles. The number of amides is 1. The van der Waals surface area contributed by atoms with Crippen molar-refractivity contribution in [2.24, 2.45) is 10.9 Å². The molecule has 0 radical (unpaired) electrons. The van der Waals surface area contributed by atoms with Crippen molar-refractivity contribution in [2.75, 3.05) is 33.8 Å². The van der Waals surface area contributed by atoms with E-state index in [0.29, 0.717) is 25.5 Å². The van der Waals surface area contributed by atoms with E-state index in [1.165, 1.54) is 11.1 Å². The van der Waals surface area contributed by atoms with Gasteiger partial charge in [-0.1, -0.05) is 24.3 Å². The van der Waals surface area contributed by atoms with Crippen molar-refractivity contribution >= 4 is 35.8 Å². The second-order valence-electron chi connectivity index (χ2n) is 6.73. The van der Waals surface area contributed by atoms with Crippen molar-refractivity contribution < 1.29 is 9.53 Å². The van der Waals surface area contributed by atoms with Gasteiger partial charge in [0.2, 0.25) is 5.91 Å². The SMILES string of the molecule is CCNC(=NCc1ccc(COC)cc1)N1CCC(CC(=O)NC)CC1.I. The predicted molar refractivity (Wildman–Crippen MR) is 120 cm³/mol. The highest BCUT2D eigenvalue weighted by Gasteiger charge is 2.22. The molecule has 1 aromatic rings. The minimum atomic E-state index is 0. The standard InChI is InChI=1S/C20H32N4O2.HI/c1-4-22-20(23-14-17-5-7-18(8-6-17)15-26-3)24-11-9-16(10-12-24)13-19(25)21-2;/h5-8,16H,4,9-15H2,1-3H3,(H,21,25)(H,22,23);1H. The molecule has 27 heavy (non-hydrogen) atoms. The van der Waals surface area contributed by atoms with E-state index >= 15 is 0 Å². The topological polar surface area (TPSA) is 66.0 Å². The summed E-state index contributed by atoms with van der Waals surface area (Å²) in [5.41, 5.74) is 2.36. The third kappa shape index (κ3) is 8.04. The molecule has 1 aromatic carbocycles. The summed E-state index contributed by atoms with van der Waals surface area (Å²) < 4.78 is 5.15. The number of aliphatic imine (C=N–C) groups is 1. The van der Waals surface area contributed by atoms with Crippen LogP contribution in [0.25, 0.3) is 0 Å². The zero-order valence-electron chi connectivity index (χ0n) is 16.7. The quantitative estimate of drug-likeness (QED) is 0.352. The number of nitrogens with one attached hydrogen (secondary N) is 2. The Morgan fingerprint density at radius 3 is 2.41 bits per heavy atom. The summed E-state index contributed by atoms with van der Waals surface area (Å²) in [4.78, 5) is 18.7. The van der Waals surface area contributed by atoms with Crippen LogP contribution in [0.4, 0.5) is 0 Å². The van der Waals surface area contributed by atoms with E-state index in [-0.39, 0.29) is 29.9 Å². The second kappa shape index (κ2) is 12.9. The van der Waals surface area contributed by atoms with Gasteiger partial charge in [0.05, 0.1) is 13.2 Å². The molecule has 0 saturated carbocycles. The van der Waals surface area contributed by atoms with Gasteiger partial charge in [0.1, 0.15) is 0 Å². The molecule has 1 aliphatic rings. The number of benzene rings is 1. The van der Waals surface area contributed by atoms with Gasteiger partial charge in [-0.05, 0) is 36.8 Å². The molecule has 2 N–H and O–H groups in total. The molecular formula is C20H33IN4O2. The highest BCUT2D eigenvalue weighted by atomic mass is 127. The second-order valence-corrected chi connectivity index (χ2v) is 6.73. The van der Waals surface area contributed by atoms with E-state index < -0.39 is 0 Å². The van der Waals surface area contributed by atoms with Gasteiger partial charge in [-0.15, -0.1) is 24.0 Å². The van der Waals surface area contributed by atoms with Gasteiger partial charge in [0.15, 0.2) is 5.96 Å². The molecule has 0 spiro atoms. The fourth-order valence-electron chi connectivity index (χ4n) is 3.21. The van der Waals surface area contributed by atoms with Gasteiger partial charge in [-0.3, -0.25) is 4.79 Å². The first-order valence-corrected chi connectivity index (χ1v) is 9.46. The summed E-state index contributed by atoms with van der Waals surface area (Å²) in [5, 5.41) is 6.12. The number of likely N-dealkylation sites (tertiary alicyclic amines) is 1. The van der Waals surface area contributed by atoms with Crippen molar-refractivity contribution in [2.45, 2.75) is 39.3 Å². The molecule has 152 valence electrons. The van der Waals surface area contributed by atoms with Crippen LogP contribution in [0.5, 0.6) is 0 Å². The van der Waals surface area contributed by atoms with Gasteiger partial charge >= 0.3 is 0 Å². The first-order chi connectivity index (χ1) is 12.7. The maximum Gasteiger partial charge on any atom is 0.220 e. The van der Waals surface area contributed by atoms with Crippen molar-refractivity contribution in [1.82, 2.24) is 15.5 Å². The van der Waals surface area contributed by atoms with Crippen LogP contribution in [0.2, 0.25) is 0 Å². The Hall–Kier alpha value is -1.35. The molecule has 7 heteroatoms. The van der Waals surface area contributed by atoms with E-state index in [0.717, 1.165) is 38.4 Å². The monoisotopic (exact) mass is 488 g/mol. The predicted octanol–water partition coefficient (Wildman–Crippen LogP) is 2.76. The molecule has 1 heterocycles. The molecular weight excluding hydrogens is 455 g/mol. The number of ether oxygens (including phenoxy) is 1. The van der Waals surface area contributed by atoms with Crippen LogP contribution in [0, 0.1) is 5.92 Å². The van der Waals surface area contributed by atoms with Crippen molar-refractivity contribution in [3.63, 3.8) is 0 Å². The number of halogens is 1. The lowest BCUT2D eigenvalue weighted by atomic mass is 9.93. The Morgan fingerprint density at radius 1 is 1.22 bits per heavy atom. The lowest BCUT2D eigenvalue weighted by molar-refractivity contribution is -0.121. The third-order valence-electron chi connectivity index (χ3n) is 4.75. The Kier molecular flexibility index (Phi) is 11.3. The zero-order valence-corrected chi connectivity index (χ0v) is 19.0. The van der Waals surface area contributed by atoms with Crippen LogP contribution >= 0.6 is 24.0 Å². The normalized spacial score (nSPS) is 15.2. The molecule has 0 unspecified atom stereocenters. The largest absolute Gasteiger partial charge is 0.380 e. The summed E-state index contributed by atoms with van der Waals surface area (Å²) >= 11 is 0. The highest BCUT2D eigenvalue weighted by molar-refractivity contribution is 14.0. The molecule has 1 amide bonds. The maximum atomic E-state index is 11.6. The number of nitrogens with zero attached hydrogens (tertiary/aromatic N) is 2. The number of carbonyl (C=O) groups is 1. The zero-order chi connectivity index (χ0) is 18.8. The molecule has 0 atom stereocenters. The molecule has 6 nitrogen and oxygen atoms in total. The summed E-state index contributed by atoms with van der Waals surface area (Å²) in [6, 6.07) is 8.39. The van der Waals surface area contributed by atoms with Crippen LogP contribution < -0.4 is 10.6 Å². The van der Waals surface area contributed by atoms with Crippen LogP contribution in [-0.2, 0) is 22.7 Å². The number of guanidine groups is 1. The number of piperidine rings is 1. The minimum Gasteiger partial charge on any atom is -0.380 e. The Morgan fingerprint density at radius 2 is 1.85 bits per heavy atom. The fraction of sp³-hybridized carbons (Fsp3) is 0.600. The summed E-state index contributed by atoms with van der Waals surface area (Å²) in [6.07, 6.45) is 2.69. The van der Waals surface area contributed by atoms with Crippen molar-refractivity contribution in [3.8, 4) is 0 Å². The molecule has 1 saturated heterocycles. The number of hydrogen-bond donors (Lipinski definition) is 2. The minimum absolute atomic E-state index is 0. The van der Waals surface area contributed by atoms with Gasteiger partial charge in [-0.2, -0.15) is 0 Å². The number of carbonyl (C=O) groups excluding carboxylic acids is 1. The first-order valence-electron chi connectivity index (χ1n) is 9.46. The van der Waals surface area contributed by atoms with Crippen molar-refractivity contribution in [3.05, 3.63) is 35.4 Å². The Bertz CT molecular complexity index is 584. The summed E-state index contributed by atoms with van der Waals surface area (Å²) in [7, 11) is 3.41. The molecule has 1 fully saturated rings. The van der Waals surface area contributed by atoms with E-state index in [9.17, 15) is 4.79 Å². The van der Waals surface area contributed by atoms with E-state index in [1.54, 1.807) is 14.2 Å². The molecule has 0 aliphatic carbocycles. The maximum absolute atomic E-state index is 11.6. The smallest absolute Gasteiger partial charge is 0.220 e. The summed E-state index contributed by atoms with van der Waals surface area (Å²) in [5.74, 6) is 1.58. The molecule has 2 rings (SSSR count).